The van der Waals surface area contributed by atoms with E-state index in [9.17, 15) is 9.18 Å². The standard InChI is InChI=1S/C32H23FN8O/c1-18-9-20(12-22(33)10-18)24-16-35-17-27-29(24)39-32(38-27)31-30-26(40-41-31)8-7-25(37-30)21-13-23(15-34-14-21)36-28(42)11-19-5-3-2-4-6-19/h2-10,12-17H,11H2,1H3,(H,36,42)(H,38,39)(H,40,41). The van der Waals surface area contributed by atoms with Gasteiger partial charge in [0.15, 0.2) is 11.5 Å². The number of H-pyrrole nitrogens is 2. The van der Waals surface area contributed by atoms with Gasteiger partial charge in [0.1, 0.15) is 11.3 Å². The Morgan fingerprint density at radius 3 is 2.57 bits per heavy atom. The summed E-state index contributed by atoms with van der Waals surface area (Å²) in [6.45, 7) is 1.85. The van der Waals surface area contributed by atoms with Crippen molar-refractivity contribution in [2.24, 2.45) is 0 Å². The zero-order valence-corrected chi connectivity index (χ0v) is 22.4. The average molecular weight is 555 g/mol. The molecule has 0 radical (unpaired) electrons. The van der Waals surface area contributed by atoms with Crippen LogP contribution in [-0.2, 0) is 11.2 Å². The highest BCUT2D eigenvalue weighted by Crippen LogP contribution is 2.32. The molecular weight excluding hydrogens is 531 g/mol. The molecule has 0 saturated carbocycles. The van der Waals surface area contributed by atoms with E-state index < -0.39 is 0 Å². The van der Waals surface area contributed by atoms with Gasteiger partial charge in [-0.05, 0) is 53.9 Å². The molecule has 5 heterocycles. The molecule has 1 amide bonds. The smallest absolute Gasteiger partial charge is 0.228 e. The lowest BCUT2D eigenvalue weighted by molar-refractivity contribution is -0.115. The first kappa shape index (κ1) is 25.2. The van der Waals surface area contributed by atoms with Crippen LogP contribution in [0.1, 0.15) is 11.1 Å². The topological polar surface area (TPSA) is 125 Å². The van der Waals surface area contributed by atoms with Crippen molar-refractivity contribution in [1.82, 2.24) is 35.1 Å². The number of benzene rings is 2. The van der Waals surface area contributed by atoms with E-state index in [4.69, 9.17) is 9.97 Å². The number of imidazole rings is 1. The normalized spacial score (nSPS) is 11.3. The summed E-state index contributed by atoms with van der Waals surface area (Å²) in [5.74, 6) is 0.0539. The van der Waals surface area contributed by atoms with Crippen LogP contribution in [0.2, 0.25) is 0 Å². The van der Waals surface area contributed by atoms with Crippen LogP contribution < -0.4 is 5.32 Å². The Labute approximate surface area is 238 Å². The maximum atomic E-state index is 14.2. The molecular formula is C32H23FN8O. The Hall–Kier alpha value is -5.77. The molecule has 7 rings (SSSR count). The van der Waals surface area contributed by atoms with E-state index in [1.807, 2.05) is 61.5 Å². The highest BCUT2D eigenvalue weighted by atomic mass is 19.1. The number of aryl methyl sites for hydroxylation is 1. The first-order valence-corrected chi connectivity index (χ1v) is 13.3. The van der Waals surface area contributed by atoms with Crippen molar-refractivity contribution in [1.29, 1.82) is 0 Å². The number of rotatable bonds is 6. The van der Waals surface area contributed by atoms with E-state index in [0.29, 0.717) is 50.6 Å². The van der Waals surface area contributed by atoms with Crippen molar-refractivity contribution in [3.63, 3.8) is 0 Å². The van der Waals surface area contributed by atoms with Gasteiger partial charge in [-0.1, -0.05) is 36.4 Å². The molecule has 0 aliphatic carbocycles. The van der Waals surface area contributed by atoms with Gasteiger partial charge in [-0.3, -0.25) is 19.9 Å². The van der Waals surface area contributed by atoms with Crippen molar-refractivity contribution < 1.29 is 9.18 Å². The number of carbonyl (C=O) groups excluding carboxylic acids is 1. The number of anilines is 1. The van der Waals surface area contributed by atoms with Crippen LogP contribution in [0.5, 0.6) is 0 Å². The number of nitrogens with one attached hydrogen (secondary N) is 3. The zero-order valence-electron chi connectivity index (χ0n) is 22.4. The van der Waals surface area contributed by atoms with Gasteiger partial charge in [0.25, 0.3) is 0 Å². The summed E-state index contributed by atoms with van der Waals surface area (Å²) in [4.78, 5) is 34.2. The van der Waals surface area contributed by atoms with Crippen LogP contribution in [0.4, 0.5) is 10.1 Å². The predicted molar refractivity (Wildman–Crippen MR) is 159 cm³/mol. The van der Waals surface area contributed by atoms with Gasteiger partial charge in [0.05, 0.1) is 46.7 Å². The van der Waals surface area contributed by atoms with Gasteiger partial charge in [-0.2, -0.15) is 5.10 Å². The maximum absolute atomic E-state index is 14.2. The first-order valence-electron chi connectivity index (χ1n) is 13.3. The number of halogens is 1. The first-order chi connectivity index (χ1) is 20.5. The lowest BCUT2D eigenvalue weighted by Crippen LogP contribution is -2.14. The second kappa shape index (κ2) is 10.3. The average Bonchev–Trinajstić information content (AvgIpc) is 3.61. The summed E-state index contributed by atoms with van der Waals surface area (Å²) in [7, 11) is 0. The van der Waals surface area contributed by atoms with Gasteiger partial charge in [0.2, 0.25) is 5.91 Å². The fraction of sp³-hybridized carbons (Fsp3) is 0.0625. The number of pyridine rings is 3. The summed E-state index contributed by atoms with van der Waals surface area (Å²) in [6.07, 6.45) is 6.92. The van der Waals surface area contributed by atoms with Gasteiger partial charge in [-0.25, -0.2) is 14.4 Å². The van der Waals surface area contributed by atoms with E-state index in [2.05, 4.69) is 30.5 Å². The number of aromatic amines is 2. The molecule has 0 saturated heterocycles. The third-order valence-electron chi connectivity index (χ3n) is 6.90. The molecule has 42 heavy (non-hydrogen) atoms. The second-order valence-corrected chi connectivity index (χ2v) is 10.0. The SMILES string of the molecule is Cc1cc(F)cc(-c2cncc3[nH]c(-c4n[nH]c5ccc(-c6cncc(NC(=O)Cc7ccccc7)c6)nc45)nc23)c1. The molecule has 10 heteroatoms. The molecule has 5 aromatic heterocycles. The monoisotopic (exact) mass is 554 g/mol. The molecule has 3 N–H and O–H groups in total. The van der Waals surface area contributed by atoms with Crippen LogP contribution in [0.3, 0.4) is 0 Å². The fourth-order valence-corrected chi connectivity index (χ4v) is 5.01. The largest absolute Gasteiger partial charge is 0.335 e. The van der Waals surface area contributed by atoms with Crippen molar-refractivity contribution in [2.75, 3.05) is 5.32 Å². The Bertz CT molecular complexity index is 2080. The Balaban J connectivity index is 1.22. The number of hydrogen-bond acceptors (Lipinski definition) is 6. The van der Waals surface area contributed by atoms with Gasteiger partial charge >= 0.3 is 0 Å². The third-order valence-corrected chi connectivity index (χ3v) is 6.90. The maximum Gasteiger partial charge on any atom is 0.228 e. The molecule has 9 nitrogen and oxygen atoms in total. The molecule has 0 fully saturated rings. The molecule has 0 aliphatic heterocycles. The lowest BCUT2D eigenvalue weighted by Gasteiger charge is -2.07. The Morgan fingerprint density at radius 2 is 1.71 bits per heavy atom. The number of nitrogens with zero attached hydrogens (tertiary/aromatic N) is 5. The highest BCUT2D eigenvalue weighted by molar-refractivity contribution is 5.96. The number of carbonyl (C=O) groups is 1. The minimum atomic E-state index is -0.317. The quantitative estimate of drug-likeness (QED) is 0.223. The van der Waals surface area contributed by atoms with Crippen LogP contribution in [0, 0.1) is 12.7 Å². The molecule has 0 atom stereocenters. The molecule has 0 bridgehead atoms. The molecule has 0 spiro atoms. The summed E-state index contributed by atoms with van der Waals surface area (Å²) >= 11 is 0. The molecule has 0 unspecified atom stereocenters. The lowest BCUT2D eigenvalue weighted by atomic mass is 10.0. The summed E-state index contributed by atoms with van der Waals surface area (Å²) in [5.41, 5.74) is 8.33. The van der Waals surface area contributed by atoms with Crippen LogP contribution >= 0.6 is 0 Å². The van der Waals surface area contributed by atoms with Gasteiger partial charge in [-0.15, -0.1) is 0 Å². The highest BCUT2D eigenvalue weighted by Gasteiger charge is 2.18. The molecule has 7 aromatic rings. The number of hydrogen-bond donors (Lipinski definition) is 3. The molecule has 204 valence electrons. The van der Waals surface area contributed by atoms with Crippen LogP contribution in [-0.4, -0.2) is 41.0 Å². The van der Waals surface area contributed by atoms with Crippen LogP contribution in [0.25, 0.3) is 56.0 Å². The van der Waals surface area contributed by atoms with E-state index >= 15 is 0 Å². The second-order valence-electron chi connectivity index (χ2n) is 10.0. The third kappa shape index (κ3) is 4.86. The van der Waals surface area contributed by atoms with Gasteiger partial charge in [0, 0.05) is 23.5 Å². The number of aromatic nitrogens is 7. The number of amides is 1. The van der Waals surface area contributed by atoms with Crippen molar-refractivity contribution in [3.8, 4) is 33.9 Å². The Morgan fingerprint density at radius 1 is 0.857 bits per heavy atom. The molecule has 0 aliphatic rings. The number of fused-ring (bicyclic) bond motifs is 2. The summed E-state index contributed by atoms with van der Waals surface area (Å²) in [6, 6.07) is 20.0. The molecule has 2 aromatic carbocycles. The van der Waals surface area contributed by atoms with Crippen LogP contribution in [0.15, 0.2) is 91.5 Å². The van der Waals surface area contributed by atoms with Gasteiger partial charge < -0.3 is 10.3 Å². The van der Waals surface area contributed by atoms with E-state index in [-0.39, 0.29) is 18.1 Å². The fourth-order valence-electron chi connectivity index (χ4n) is 5.01. The summed E-state index contributed by atoms with van der Waals surface area (Å²) < 4.78 is 14.2. The minimum Gasteiger partial charge on any atom is -0.335 e. The summed E-state index contributed by atoms with van der Waals surface area (Å²) in [5, 5.41) is 10.4. The minimum absolute atomic E-state index is 0.132. The van der Waals surface area contributed by atoms with Crippen molar-refractivity contribution in [2.45, 2.75) is 13.3 Å². The predicted octanol–water partition coefficient (Wildman–Crippen LogP) is 6.25. The van der Waals surface area contributed by atoms with E-state index in [0.717, 1.165) is 22.2 Å². The zero-order chi connectivity index (χ0) is 28.6. The van der Waals surface area contributed by atoms with Crippen molar-refractivity contribution in [3.05, 3.63) is 108 Å². The van der Waals surface area contributed by atoms with E-state index in [1.54, 1.807) is 24.8 Å². The Kier molecular flexibility index (Phi) is 6.20. The van der Waals surface area contributed by atoms with Crippen molar-refractivity contribution >= 4 is 33.7 Å². The van der Waals surface area contributed by atoms with E-state index in [1.165, 1.54) is 12.1 Å².